The third-order valence-corrected chi connectivity index (χ3v) is 1.58. The summed E-state index contributed by atoms with van der Waals surface area (Å²) in [4.78, 5) is 0. The highest BCUT2D eigenvalue weighted by Crippen LogP contribution is 2.16. The van der Waals surface area contributed by atoms with Gasteiger partial charge in [-0.2, -0.15) is 0 Å². The molecular formula is C4H10N2O2. The van der Waals surface area contributed by atoms with Gasteiger partial charge in [0.1, 0.15) is 0 Å². The van der Waals surface area contributed by atoms with Crippen molar-refractivity contribution in [3.63, 3.8) is 0 Å². The summed E-state index contributed by atoms with van der Waals surface area (Å²) in [5.41, 5.74) is 10.4. The quantitative estimate of drug-likeness (QED) is 0.280. The molecule has 4 heteroatoms. The Bertz CT molecular complexity index is 66.0. The number of aliphatic hydroxyl groups excluding tert-OH is 2. The van der Waals surface area contributed by atoms with Crippen LogP contribution in [-0.4, -0.2) is 34.5 Å². The predicted octanol–water partition coefficient (Wildman–Crippen LogP) is -2.62. The van der Waals surface area contributed by atoms with E-state index in [0.717, 1.165) is 0 Å². The first-order valence-corrected chi connectivity index (χ1v) is 2.52. The fourth-order valence-corrected chi connectivity index (χ4v) is 0.772. The number of hydrogen-bond acceptors (Lipinski definition) is 4. The van der Waals surface area contributed by atoms with Gasteiger partial charge in [0, 0.05) is 0 Å². The normalized spacial score (nSPS) is 55.5. The van der Waals surface area contributed by atoms with Crippen molar-refractivity contribution in [2.45, 2.75) is 24.3 Å². The van der Waals surface area contributed by atoms with Gasteiger partial charge in [-0.15, -0.1) is 0 Å². The molecule has 0 bridgehead atoms. The van der Waals surface area contributed by atoms with Crippen LogP contribution in [-0.2, 0) is 0 Å². The maximum atomic E-state index is 8.75. The smallest absolute Gasteiger partial charge is 0.0893 e. The summed E-state index contributed by atoms with van der Waals surface area (Å²) in [5, 5.41) is 17.5. The van der Waals surface area contributed by atoms with Gasteiger partial charge in [0.25, 0.3) is 0 Å². The molecule has 8 heavy (non-hydrogen) atoms. The summed E-state index contributed by atoms with van der Waals surface area (Å²) in [7, 11) is 0. The molecule has 6 N–H and O–H groups in total. The van der Waals surface area contributed by atoms with Crippen molar-refractivity contribution in [2.24, 2.45) is 11.5 Å². The average Bonchev–Trinajstić information content (AvgIpc) is 1.83. The molecule has 0 aromatic rings. The van der Waals surface area contributed by atoms with E-state index in [4.69, 9.17) is 21.7 Å². The summed E-state index contributed by atoms with van der Waals surface area (Å²) < 4.78 is 0. The van der Waals surface area contributed by atoms with E-state index in [2.05, 4.69) is 0 Å². The SMILES string of the molecule is NC1C(O)C(N)C1O. The first-order valence-electron chi connectivity index (χ1n) is 2.52. The standard InChI is InChI=1S/C4H10N2O2/c5-1-3(7)2(6)4(1)8/h1-4,7-8H,5-6H2. The minimum Gasteiger partial charge on any atom is -0.390 e. The van der Waals surface area contributed by atoms with Gasteiger partial charge in [-0.05, 0) is 0 Å². The van der Waals surface area contributed by atoms with Crippen molar-refractivity contribution in [1.82, 2.24) is 0 Å². The summed E-state index contributed by atoms with van der Waals surface area (Å²) in [6.45, 7) is 0. The van der Waals surface area contributed by atoms with Crippen molar-refractivity contribution in [2.75, 3.05) is 0 Å². The van der Waals surface area contributed by atoms with E-state index in [0.29, 0.717) is 0 Å². The largest absolute Gasteiger partial charge is 0.390 e. The molecule has 0 heterocycles. The summed E-state index contributed by atoms with van der Waals surface area (Å²) in [5.74, 6) is 0. The molecule has 0 spiro atoms. The van der Waals surface area contributed by atoms with Crippen molar-refractivity contribution < 1.29 is 10.2 Å². The zero-order valence-electron chi connectivity index (χ0n) is 4.36. The zero-order chi connectivity index (χ0) is 6.31. The van der Waals surface area contributed by atoms with Gasteiger partial charge >= 0.3 is 0 Å². The molecule has 48 valence electrons. The van der Waals surface area contributed by atoms with Gasteiger partial charge in [0.05, 0.1) is 24.3 Å². The second kappa shape index (κ2) is 1.66. The minimum atomic E-state index is -0.718. The Morgan fingerprint density at radius 1 is 0.875 bits per heavy atom. The van der Waals surface area contributed by atoms with E-state index in [1.807, 2.05) is 0 Å². The van der Waals surface area contributed by atoms with E-state index < -0.39 is 24.3 Å². The molecule has 0 radical (unpaired) electrons. The van der Waals surface area contributed by atoms with Gasteiger partial charge in [-0.25, -0.2) is 0 Å². The molecule has 0 atom stereocenters. The lowest BCUT2D eigenvalue weighted by Crippen LogP contribution is -2.71. The van der Waals surface area contributed by atoms with Gasteiger partial charge in [-0.1, -0.05) is 0 Å². The van der Waals surface area contributed by atoms with Crippen LogP contribution >= 0.6 is 0 Å². The molecule has 0 unspecified atom stereocenters. The van der Waals surface area contributed by atoms with Crippen molar-refractivity contribution in [1.29, 1.82) is 0 Å². The van der Waals surface area contributed by atoms with Crippen LogP contribution in [0.25, 0.3) is 0 Å². The molecule has 0 aromatic heterocycles. The van der Waals surface area contributed by atoms with Crippen LogP contribution in [0.5, 0.6) is 0 Å². The fourth-order valence-electron chi connectivity index (χ4n) is 0.772. The molecule has 1 saturated carbocycles. The second-order valence-electron chi connectivity index (χ2n) is 2.14. The van der Waals surface area contributed by atoms with E-state index in [1.165, 1.54) is 0 Å². The molecule has 0 amide bonds. The van der Waals surface area contributed by atoms with Crippen molar-refractivity contribution in [3.8, 4) is 0 Å². The Morgan fingerprint density at radius 3 is 1.25 bits per heavy atom. The van der Waals surface area contributed by atoms with E-state index in [1.54, 1.807) is 0 Å². The third kappa shape index (κ3) is 0.545. The Balaban J connectivity index is 2.42. The van der Waals surface area contributed by atoms with Crippen LogP contribution in [0.4, 0.5) is 0 Å². The number of hydrogen-bond donors (Lipinski definition) is 4. The summed E-state index contributed by atoms with van der Waals surface area (Å²) in [6, 6.07) is -1.07. The first-order chi connectivity index (χ1) is 3.64. The van der Waals surface area contributed by atoms with Crippen LogP contribution < -0.4 is 11.5 Å². The second-order valence-corrected chi connectivity index (χ2v) is 2.14. The average molecular weight is 118 g/mol. The number of aliphatic hydroxyl groups is 2. The highest BCUT2D eigenvalue weighted by atomic mass is 16.3. The molecule has 1 aliphatic carbocycles. The lowest BCUT2D eigenvalue weighted by molar-refractivity contribution is -0.0701. The zero-order valence-corrected chi connectivity index (χ0v) is 4.36. The molecule has 0 saturated heterocycles. The van der Waals surface area contributed by atoms with Crippen LogP contribution in [0.2, 0.25) is 0 Å². The number of rotatable bonds is 0. The van der Waals surface area contributed by atoms with Gasteiger partial charge < -0.3 is 21.7 Å². The fraction of sp³-hybridized carbons (Fsp3) is 1.00. The van der Waals surface area contributed by atoms with Crippen molar-refractivity contribution in [3.05, 3.63) is 0 Å². The predicted molar refractivity (Wildman–Crippen MR) is 28.0 cm³/mol. The Morgan fingerprint density at radius 2 is 1.12 bits per heavy atom. The highest BCUT2D eigenvalue weighted by molar-refractivity contribution is 5.03. The van der Waals surface area contributed by atoms with Crippen LogP contribution in [0.3, 0.4) is 0 Å². The Kier molecular flexibility index (Phi) is 1.24. The third-order valence-electron chi connectivity index (χ3n) is 1.58. The van der Waals surface area contributed by atoms with E-state index in [9.17, 15) is 0 Å². The van der Waals surface area contributed by atoms with Crippen LogP contribution in [0.1, 0.15) is 0 Å². The van der Waals surface area contributed by atoms with Gasteiger partial charge in [-0.3, -0.25) is 0 Å². The molecule has 0 aliphatic heterocycles. The van der Waals surface area contributed by atoms with Gasteiger partial charge in [0.15, 0.2) is 0 Å². The van der Waals surface area contributed by atoms with Crippen LogP contribution in [0.15, 0.2) is 0 Å². The maximum absolute atomic E-state index is 8.75. The highest BCUT2D eigenvalue weighted by Gasteiger charge is 2.44. The topological polar surface area (TPSA) is 92.5 Å². The lowest BCUT2D eigenvalue weighted by Gasteiger charge is -2.41. The van der Waals surface area contributed by atoms with Crippen LogP contribution in [0, 0.1) is 0 Å². The first kappa shape index (κ1) is 5.97. The van der Waals surface area contributed by atoms with Crippen molar-refractivity contribution >= 4 is 0 Å². The van der Waals surface area contributed by atoms with E-state index >= 15 is 0 Å². The molecule has 1 aliphatic rings. The maximum Gasteiger partial charge on any atom is 0.0893 e. The molecule has 4 nitrogen and oxygen atoms in total. The summed E-state index contributed by atoms with van der Waals surface area (Å²) in [6.07, 6.45) is -1.44. The molecule has 1 fully saturated rings. The molecule has 0 aromatic carbocycles. The monoisotopic (exact) mass is 118 g/mol. The van der Waals surface area contributed by atoms with Gasteiger partial charge in [0.2, 0.25) is 0 Å². The molecular weight excluding hydrogens is 108 g/mol. The van der Waals surface area contributed by atoms with E-state index in [-0.39, 0.29) is 0 Å². The lowest BCUT2D eigenvalue weighted by atomic mass is 9.81. The Hall–Kier alpha value is -0.160. The Labute approximate surface area is 47.1 Å². The molecule has 1 rings (SSSR count). The summed E-state index contributed by atoms with van der Waals surface area (Å²) >= 11 is 0. The minimum absolute atomic E-state index is 0.537. The number of nitrogens with two attached hydrogens (primary N) is 2.